The highest BCUT2D eigenvalue weighted by Gasteiger charge is 2.74. The van der Waals surface area contributed by atoms with Crippen molar-refractivity contribution >= 4 is 28.1 Å². The number of hydrogen-bond acceptors (Lipinski definition) is 9. The Morgan fingerprint density at radius 3 is 2.14 bits per heavy atom. The number of Topliss-reactive ketones (excluding diaryl/α,β-unsaturated/α-hetero) is 1. The van der Waals surface area contributed by atoms with Crippen LogP contribution in [0, 0.1) is 0 Å². The maximum absolute atomic E-state index is 14.0. The zero-order valence-corrected chi connectivity index (χ0v) is 25.0. The Hall–Kier alpha value is -4.46. The van der Waals surface area contributed by atoms with Crippen LogP contribution >= 0.6 is 0 Å². The summed E-state index contributed by atoms with van der Waals surface area (Å²) < 4.78 is 52.2. The Morgan fingerprint density at radius 1 is 0.977 bits per heavy atom. The Kier molecular flexibility index (Phi) is 6.94. The Balaban J connectivity index is 1.30. The molecule has 3 heterocycles. The number of nitrogens with one attached hydrogen (secondary N) is 1. The molecule has 0 aromatic heterocycles. The number of rotatable bonds is 7. The summed E-state index contributed by atoms with van der Waals surface area (Å²) in [4.78, 5) is 40.0. The fourth-order valence-electron chi connectivity index (χ4n) is 6.08. The average molecular weight is 622 g/mol. The fraction of sp³-hybridized carbons (Fsp3) is 0.323. The minimum absolute atomic E-state index is 0.00484. The zero-order valence-electron chi connectivity index (χ0n) is 24.2. The van der Waals surface area contributed by atoms with Crippen molar-refractivity contribution in [3.63, 3.8) is 0 Å². The van der Waals surface area contributed by atoms with Crippen molar-refractivity contribution in [1.29, 1.82) is 0 Å². The van der Waals surface area contributed by atoms with Gasteiger partial charge in [0.2, 0.25) is 0 Å². The number of hydrogen-bond donors (Lipinski definition) is 2. The number of benzene rings is 3. The summed E-state index contributed by atoms with van der Waals surface area (Å²) in [5.41, 5.74) is 1.49. The molecule has 12 nitrogen and oxygen atoms in total. The Morgan fingerprint density at radius 2 is 1.57 bits per heavy atom. The van der Waals surface area contributed by atoms with Crippen LogP contribution in [0.1, 0.15) is 43.9 Å². The highest BCUT2D eigenvalue weighted by atomic mass is 32.2. The lowest BCUT2D eigenvalue weighted by Gasteiger charge is -2.51. The topological polar surface area (TPSA) is 152 Å². The molecule has 13 heteroatoms. The minimum atomic E-state index is -4.94. The van der Waals surface area contributed by atoms with Crippen molar-refractivity contribution in [2.45, 2.75) is 56.6 Å². The highest BCUT2D eigenvalue weighted by Crippen LogP contribution is 2.49. The molecular formula is C31H31N3O9S. The van der Waals surface area contributed by atoms with Crippen molar-refractivity contribution in [2.24, 2.45) is 0 Å². The summed E-state index contributed by atoms with van der Waals surface area (Å²) in [7, 11) is -4.94. The second-order valence-corrected chi connectivity index (χ2v) is 13.1. The van der Waals surface area contributed by atoms with E-state index in [1.807, 2.05) is 60.7 Å². The molecule has 3 aromatic rings. The van der Waals surface area contributed by atoms with Gasteiger partial charge < -0.3 is 14.2 Å². The number of amides is 2. The lowest BCUT2D eigenvalue weighted by atomic mass is 9.77. The molecule has 0 bridgehead atoms. The van der Waals surface area contributed by atoms with E-state index in [0.29, 0.717) is 17.1 Å². The number of ether oxygens (including phenoxy) is 3. The van der Waals surface area contributed by atoms with Crippen LogP contribution < -0.4 is 14.9 Å². The largest absolute Gasteiger partial charge is 0.443 e. The minimum Gasteiger partial charge on any atom is -0.443 e. The molecule has 6 rings (SSSR count). The van der Waals surface area contributed by atoms with Gasteiger partial charge in [-0.3, -0.25) is 19.6 Å². The quantitative estimate of drug-likeness (QED) is 0.228. The van der Waals surface area contributed by atoms with Gasteiger partial charge in [-0.2, -0.15) is 13.4 Å². The average Bonchev–Trinajstić information content (AvgIpc) is 3.48. The van der Waals surface area contributed by atoms with Crippen LogP contribution in [-0.4, -0.2) is 63.8 Å². The van der Waals surface area contributed by atoms with Gasteiger partial charge in [-0.15, -0.1) is 0 Å². The summed E-state index contributed by atoms with van der Waals surface area (Å²) in [6, 6.07) is 22.6. The molecule has 230 valence electrons. The third-order valence-corrected chi connectivity index (χ3v) is 8.75. The zero-order chi connectivity index (χ0) is 31.5. The monoisotopic (exact) mass is 621 g/mol. The third kappa shape index (κ3) is 4.77. The molecule has 0 unspecified atom stereocenters. The van der Waals surface area contributed by atoms with Gasteiger partial charge in [0, 0.05) is 24.1 Å². The van der Waals surface area contributed by atoms with Gasteiger partial charge in [0.05, 0.1) is 6.04 Å². The van der Waals surface area contributed by atoms with E-state index in [4.69, 9.17) is 14.2 Å². The summed E-state index contributed by atoms with van der Waals surface area (Å²) in [6.45, 7) is 4.92. The van der Waals surface area contributed by atoms with E-state index < -0.39 is 51.1 Å². The van der Waals surface area contributed by atoms with Gasteiger partial charge in [-0.25, -0.2) is 9.10 Å². The predicted molar refractivity (Wildman–Crippen MR) is 156 cm³/mol. The Labute approximate surface area is 254 Å². The van der Waals surface area contributed by atoms with Crippen LogP contribution in [0.4, 0.5) is 4.79 Å². The molecule has 0 radical (unpaired) electrons. The normalized spacial score (nSPS) is 22.2. The maximum atomic E-state index is 14.0. The summed E-state index contributed by atoms with van der Waals surface area (Å²) >= 11 is 0. The Bertz CT molecular complexity index is 1700. The maximum Gasteiger partial charge on any atom is 0.422 e. The molecule has 2 atom stereocenters. The smallest absolute Gasteiger partial charge is 0.422 e. The van der Waals surface area contributed by atoms with E-state index in [2.05, 4.69) is 5.43 Å². The van der Waals surface area contributed by atoms with Crippen LogP contribution in [0.3, 0.4) is 0 Å². The van der Waals surface area contributed by atoms with Crippen molar-refractivity contribution in [3.8, 4) is 11.5 Å². The molecule has 44 heavy (non-hydrogen) atoms. The van der Waals surface area contributed by atoms with Crippen molar-refractivity contribution in [1.82, 2.24) is 14.7 Å². The first kappa shape index (κ1) is 29.6. The van der Waals surface area contributed by atoms with E-state index in [1.54, 1.807) is 39.0 Å². The van der Waals surface area contributed by atoms with E-state index in [-0.39, 0.29) is 23.7 Å². The molecule has 3 aliphatic rings. The predicted octanol–water partition coefficient (Wildman–Crippen LogP) is 3.37. The molecule has 2 amide bonds. The van der Waals surface area contributed by atoms with Crippen LogP contribution in [0.15, 0.2) is 78.9 Å². The first-order chi connectivity index (χ1) is 20.8. The van der Waals surface area contributed by atoms with Crippen LogP contribution in [-0.2, 0) is 36.8 Å². The van der Waals surface area contributed by atoms with E-state index in [1.165, 1.54) is 0 Å². The lowest BCUT2D eigenvalue weighted by Crippen LogP contribution is -2.82. The van der Waals surface area contributed by atoms with Crippen LogP contribution in [0.25, 0.3) is 0 Å². The van der Waals surface area contributed by atoms with Gasteiger partial charge in [0.25, 0.3) is 5.91 Å². The van der Waals surface area contributed by atoms with Gasteiger partial charge in [-0.1, -0.05) is 66.7 Å². The summed E-state index contributed by atoms with van der Waals surface area (Å²) in [5.74, 6) is -2.30. The molecule has 3 aromatic carbocycles. The molecule has 0 aliphatic carbocycles. The number of carbonyl (C=O) groups excluding carboxylic acids is 3. The number of β-lactam (4-membered cyclic amide) rings is 1. The fourth-order valence-corrected chi connectivity index (χ4v) is 7.00. The second kappa shape index (κ2) is 10.3. The number of fused-ring (bicyclic) bond motifs is 2. The van der Waals surface area contributed by atoms with E-state index >= 15 is 0 Å². The van der Waals surface area contributed by atoms with E-state index in [9.17, 15) is 27.4 Å². The standard InChI is InChI=1S/C31H31N3O9S/c1-29(2,3)43-28(37)32-33-17-16-25-30(33,27(36)34(25)44(38,39)40)26(35)19-20-14-15-23-24(18-20)42-31(41-23,21-10-6-4-7-11-21)22-12-8-5-9-13-22/h4-15,18,25H,16-17,19H2,1-3H3,(H,32,37)(H,38,39,40)/t25-,30+/m1/s1. The molecule has 0 spiro atoms. The van der Waals surface area contributed by atoms with Gasteiger partial charge in [0.15, 0.2) is 22.8 Å². The van der Waals surface area contributed by atoms with Crippen molar-refractivity contribution in [3.05, 3.63) is 95.6 Å². The first-order valence-electron chi connectivity index (χ1n) is 14.0. The summed E-state index contributed by atoms with van der Waals surface area (Å²) in [5, 5.41) is 1.11. The third-order valence-electron chi connectivity index (χ3n) is 7.83. The van der Waals surface area contributed by atoms with Crippen LogP contribution in [0.2, 0.25) is 0 Å². The molecule has 2 fully saturated rings. The second-order valence-electron chi connectivity index (χ2n) is 11.8. The van der Waals surface area contributed by atoms with Gasteiger partial charge >= 0.3 is 22.2 Å². The lowest BCUT2D eigenvalue weighted by molar-refractivity contribution is -0.167. The molecule has 2 N–H and O–H groups in total. The number of ketones is 1. The summed E-state index contributed by atoms with van der Waals surface area (Å²) in [6.07, 6.45) is -1.22. The number of nitrogens with zero attached hydrogens (tertiary/aromatic N) is 2. The van der Waals surface area contributed by atoms with Gasteiger partial charge in [0.1, 0.15) is 5.60 Å². The molecular weight excluding hydrogens is 590 g/mol. The van der Waals surface area contributed by atoms with Crippen molar-refractivity contribution in [2.75, 3.05) is 6.54 Å². The molecule has 0 saturated carbocycles. The molecule has 3 aliphatic heterocycles. The SMILES string of the molecule is CC(C)(C)OC(=O)NN1CC[C@H]2N(S(=O)(=O)O)C(=O)[C@@]21C(=O)Cc1ccc2c(c1)OC(c1ccccc1)(c1ccccc1)O2. The van der Waals surface area contributed by atoms with Crippen LogP contribution in [0.5, 0.6) is 11.5 Å². The first-order valence-corrected chi connectivity index (χ1v) is 15.4. The van der Waals surface area contributed by atoms with Gasteiger partial charge in [-0.05, 0) is 44.9 Å². The molecule has 2 saturated heterocycles. The number of hydrazine groups is 1. The van der Waals surface area contributed by atoms with E-state index in [0.717, 1.165) is 16.1 Å². The van der Waals surface area contributed by atoms with Crippen molar-refractivity contribution < 1.29 is 41.6 Å². The highest BCUT2D eigenvalue weighted by molar-refractivity contribution is 7.84. The number of carbonyl (C=O) groups is 3.